The average molecular weight is 196 g/mol. The maximum absolute atomic E-state index is 5.17. The lowest BCUT2D eigenvalue weighted by atomic mass is 10.8. The van der Waals surface area contributed by atoms with Gasteiger partial charge in [0.25, 0.3) is 0 Å². The second kappa shape index (κ2) is 10.6. The van der Waals surface area contributed by atoms with Gasteiger partial charge in [-0.15, -0.1) is 0 Å². The fourth-order valence-electron chi connectivity index (χ4n) is 0.461. The van der Waals surface area contributed by atoms with E-state index in [1.54, 1.807) is 23.5 Å². The summed E-state index contributed by atoms with van der Waals surface area (Å²) >= 11 is 3.57. The van der Waals surface area contributed by atoms with Crippen LogP contribution in [0, 0.1) is 0 Å². The zero-order valence-electron chi connectivity index (χ0n) is 7.17. The Morgan fingerprint density at radius 3 is 1.73 bits per heavy atom. The summed E-state index contributed by atoms with van der Waals surface area (Å²) in [5.41, 5.74) is 0. The first-order valence-corrected chi connectivity index (χ1v) is 6.34. The van der Waals surface area contributed by atoms with Crippen molar-refractivity contribution in [3.63, 3.8) is 0 Å². The summed E-state index contributed by atoms with van der Waals surface area (Å²) in [5.74, 6) is 2.10. The molecule has 0 saturated carbocycles. The van der Waals surface area contributed by atoms with Gasteiger partial charge in [0.05, 0.1) is 13.2 Å². The van der Waals surface area contributed by atoms with Crippen LogP contribution in [0.3, 0.4) is 0 Å². The van der Waals surface area contributed by atoms with Crippen LogP contribution in [-0.4, -0.2) is 44.0 Å². The van der Waals surface area contributed by atoms with Crippen LogP contribution in [0.5, 0.6) is 0 Å². The van der Waals surface area contributed by atoms with Crippen LogP contribution >= 0.6 is 23.5 Å². The van der Waals surface area contributed by atoms with E-state index in [2.05, 4.69) is 12.5 Å². The highest BCUT2D eigenvalue weighted by Crippen LogP contribution is 1.92. The molecule has 0 aliphatic rings. The second-order valence-electron chi connectivity index (χ2n) is 1.92. The van der Waals surface area contributed by atoms with Gasteiger partial charge in [-0.3, -0.25) is 0 Å². The molecule has 0 radical (unpaired) electrons. The molecule has 0 aliphatic heterocycles. The van der Waals surface area contributed by atoms with Crippen molar-refractivity contribution in [2.45, 2.75) is 0 Å². The van der Waals surface area contributed by atoms with Crippen LogP contribution in [0.1, 0.15) is 0 Å². The number of hydrogen-bond acceptors (Lipinski definition) is 4. The highest BCUT2D eigenvalue weighted by Gasteiger charge is 1.87. The third-order valence-electron chi connectivity index (χ3n) is 1.03. The molecule has 0 saturated heterocycles. The van der Waals surface area contributed by atoms with E-state index in [1.807, 2.05) is 0 Å². The van der Waals surface area contributed by atoms with Gasteiger partial charge < -0.3 is 9.47 Å². The molecule has 0 rings (SSSR count). The molecule has 4 heteroatoms. The van der Waals surface area contributed by atoms with Gasteiger partial charge in [0.2, 0.25) is 0 Å². The molecule has 0 spiro atoms. The highest BCUT2D eigenvalue weighted by atomic mass is 32.2. The lowest BCUT2D eigenvalue weighted by Gasteiger charge is -2.03. The van der Waals surface area contributed by atoms with Gasteiger partial charge in [0.15, 0.2) is 0 Å². The largest absolute Gasteiger partial charge is 0.355 e. The molecule has 11 heavy (non-hydrogen) atoms. The van der Waals surface area contributed by atoms with Gasteiger partial charge in [-0.25, -0.2) is 0 Å². The fraction of sp³-hybridized carbons (Fsp3) is 1.00. The van der Waals surface area contributed by atoms with E-state index >= 15 is 0 Å². The van der Waals surface area contributed by atoms with E-state index in [0.29, 0.717) is 6.79 Å². The predicted octanol–water partition coefficient (Wildman–Crippen LogP) is 1.70. The molecule has 68 valence electrons. The predicted molar refractivity (Wildman–Crippen MR) is 53.5 cm³/mol. The molecule has 0 aromatic heterocycles. The van der Waals surface area contributed by atoms with Crippen LogP contribution in [0.15, 0.2) is 0 Å². The molecule has 0 atom stereocenters. The first-order valence-electron chi connectivity index (χ1n) is 3.55. The first-order chi connectivity index (χ1) is 5.41. The second-order valence-corrected chi connectivity index (χ2v) is 3.89. The van der Waals surface area contributed by atoms with Crippen molar-refractivity contribution in [1.82, 2.24) is 0 Å². The van der Waals surface area contributed by atoms with Crippen LogP contribution in [0.25, 0.3) is 0 Å². The summed E-state index contributed by atoms with van der Waals surface area (Å²) in [7, 11) is 0. The van der Waals surface area contributed by atoms with Crippen molar-refractivity contribution in [2.75, 3.05) is 44.0 Å². The van der Waals surface area contributed by atoms with Crippen molar-refractivity contribution < 1.29 is 9.47 Å². The van der Waals surface area contributed by atoms with E-state index in [0.717, 1.165) is 24.7 Å². The van der Waals surface area contributed by atoms with E-state index in [-0.39, 0.29) is 0 Å². The Morgan fingerprint density at radius 1 is 0.909 bits per heavy atom. The minimum atomic E-state index is 0.446. The van der Waals surface area contributed by atoms with Crippen molar-refractivity contribution in [2.24, 2.45) is 0 Å². The third-order valence-corrected chi connectivity index (χ3v) is 2.18. The van der Waals surface area contributed by atoms with Gasteiger partial charge in [-0.05, 0) is 12.5 Å². The quantitative estimate of drug-likeness (QED) is 0.434. The smallest absolute Gasteiger partial charge is 0.146 e. The maximum Gasteiger partial charge on any atom is 0.146 e. The topological polar surface area (TPSA) is 18.5 Å². The highest BCUT2D eigenvalue weighted by molar-refractivity contribution is 7.98. The van der Waals surface area contributed by atoms with E-state index in [9.17, 15) is 0 Å². The number of rotatable bonds is 8. The average Bonchev–Trinajstić information content (AvgIpc) is 2.03. The van der Waals surface area contributed by atoms with Crippen LogP contribution in [-0.2, 0) is 9.47 Å². The Labute approximate surface area is 77.4 Å². The van der Waals surface area contributed by atoms with Crippen LogP contribution < -0.4 is 0 Å². The fourth-order valence-corrected chi connectivity index (χ4v) is 1.03. The summed E-state index contributed by atoms with van der Waals surface area (Å²) in [5, 5.41) is 0. The minimum Gasteiger partial charge on any atom is -0.355 e. The zero-order valence-corrected chi connectivity index (χ0v) is 8.80. The Hall–Kier alpha value is 0.620. The van der Waals surface area contributed by atoms with Crippen molar-refractivity contribution in [3.05, 3.63) is 0 Å². The monoisotopic (exact) mass is 196 g/mol. The van der Waals surface area contributed by atoms with Crippen LogP contribution in [0.2, 0.25) is 0 Å². The SMILES string of the molecule is CSCCOCOCCSC. The summed E-state index contributed by atoms with van der Waals surface area (Å²) in [4.78, 5) is 0. The lowest BCUT2D eigenvalue weighted by Crippen LogP contribution is -2.05. The Kier molecular flexibility index (Phi) is 11.2. The number of hydrogen-bond donors (Lipinski definition) is 0. The molecule has 0 amide bonds. The number of ether oxygens (including phenoxy) is 2. The molecule has 0 aromatic carbocycles. The van der Waals surface area contributed by atoms with Crippen molar-refractivity contribution >= 4 is 23.5 Å². The van der Waals surface area contributed by atoms with Gasteiger partial charge in [0.1, 0.15) is 6.79 Å². The van der Waals surface area contributed by atoms with E-state index < -0.39 is 0 Å². The molecule has 0 N–H and O–H groups in total. The minimum absolute atomic E-state index is 0.446. The standard InChI is InChI=1S/C7H16O2S2/c1-10-5-3-8-7-9-4-6-11-2/h3-7H2,1-2H3. The van der Waals surface area contributed by atoms with Gasteiger partial charge in [0, 0.05) is 11.5 Å². The molecule has 0 bridgehead atoms. The van der Waals surface area contributed by atoms with Crippen LogP contribution in [0.4, 0.5) is 0 Å². The molecule has 2 nitrogen and oxygen atoms in total. The summed E-state index contributed by atoms with van der Waals surface area (Å²) < 4.78 is 10.3. The molecule has 0 heterocycles. The Balaban J connectivity index is 2.69. The van der Waals surface area contributed by atoms with Gasteiger partial charge in [-0.2, -0.15) is 23.5 Å². The molecular weight excluding hydrogens is 180 g/mol. The molecular formula is C7H16O2S2. The Bertz CT molecular complexity index is 63.5. The van der Waals surface area contributed by atoms with Crippen molar-refractivity contribution in [3.8, 4) is 0 Å². The Morgan fingerprint density at radius 2 is 1.36 bits per heavy atom. The summed E-state index contributed by atoms with van der Waals surface area (Å²) in [6, 6.07) is 0. The first kappa shape index (κ1) is 11.6. The normalized spacial score (nSPS) is 10.4. The zero-order chi connectivity index (χ0) is 8.36. The van der Waals surface area contributed by atoms with E-state index in [4.69, 9.17) is 9.47 Å². The number of thioether (sulfide) groups is 2. The molecule has 0 aromatic rings. The van der Waals surface area contributed by atoms with Crippen molar-refractivity contribution in [1.29, 1.82) is 0 Å². The van der Waals surface area contributed by atoms with E-state index in [1.165, 1.54) is 0 Å². The molecule has 0 unspecified atom stereocenters. The summed E-state index contributed by atoms with van der Waals surface area (Å²) in [6.07, 6.45) is 4.13. The molecule has 0 aliphatic carbocycles. The maximum atomic E-state index is 5.17. The van der Waals surface area contributed by atoms with Gasteiger partial charge in [-0.1, -0.05) is 0 Å². The lowest BCUT2D eigenvalue weighted by molar-refractivity contribution is -0.0425. The van der Waals surface area contributed by atoms with Gasteiger partial charge >= 0.3 is 0 Å². The third kappa shape index (κ3) is 10.6. The summed E-state index contributed by atoms with van der Waals surface area (Å²) in [6.45, 7) is 2.03. The molecule has 0 fully saturated rings.